The third-order valence-corrected chi connectivity index (χ3v) is 6.62. The molecule has 0 aliphatic rings. The second-order valence-electron chi connectivity index (χ2n) is 8.47. The highest BCUT2D eigenvalue weighted by atomic mass is 35.5. The number of anilines is 1. The van der Waals surface area contributed by atoms with Gasteiger partial charge in [0, 0.05) is 42.2 Å². The van der Waals surface area contributed by atoms with Crippen molar-refractivity contribution in [3.63, 3.8) is 0 Å². The highest BCUT2D eigenvalue weighted by Crippen LogP contribution is 2.29. The van der Waals surface area contributed by atoms with Crippen LogP contribution in [-0.2, 0) is 32.8 Å². The Morgan fingerprint density at radius 1 is 1.00 bits per heavy atom. The van der Waals surface area contributed by atoms with Crippen molar-refractivity contribution in [1.29, 1.82) is 0 Å². The molecule has 1 N–H and O–H groups in total. The standard InChI is InChI=1S/C26H26ClFN2O5S/c1-17(2)26(32)30(15-19-4-7-22(28)8-5-19)16-20-14-21(27)6-13-25(20)35-36(33,34)24-11-9-23(10-12-24)29-18(3)31/h4-14,17H,15-16H2,1-3H3,(H,29,31). The summed E-state index contributed by atoms with van der Waals surface area (Å²) in [6.07, 6.45) is 0. The number of nitrogens with one attached hydrogen (secondary N) is 1. The molecule has 0 saturated heterocycles. The fourth-order valence-electron chi connectivity index (χ4n) is 3.42. The molecule has 36 heavy (non-hydrogen) atoms. The van der Waals surface area contributed by atoms with E-state index < -0.39 is 10.1 Å². The van der Waals surface area contributed by atoms with Crippen LogP contribution in [0.1, 0.15) is 31.9 Å². The van der Waals surface area contributed by atoms with E-state index in [-0.39, 0.29) is 47.3 Å². The van der Waals surface area contributed by atoms with Crippen LogP contribution >= 0.6 is 11.6 Å². The SMILES string of the molecule is CC(=O)Nc1ccc(S(=O)(=O)Oc2ccc(Cl)cc2CN(Cc2ccc(F)cc2)C(=O)C(C)C)cc1. The van der Waals surface area contributed by atoms with Gasteiger partial charge in [-0.05, 0) is 60.2 Å². The monoisotopic (exact) mass is 532 g/mol. The molecule has 0 atom stereocenters. The lowest BCUT2D eigenvalue weighted by Gasteiger charge is -2.26. The van der Waals surface area contributed by atoms with Gasteiger partial charge in [-0.25, -0.2) is 4.39 Å². The zero-order valence-electron chi connectivity index (χ0n) is 20.0. The summed E-state index contributed by atoms with van der Waals surface area (Å²) in [5, 5.41) is 2.91. The van der Waals surface area contributed by atoms with Crippen LogP contribution in [0.5, 0.6) is 5.75 Å². The van der Waals surface area contributed by atoms with Gasteiger partial charge >= 0.3 is 10.1 Å². The van der Waals surface area contributed by atoms with Crippen molar-refractivity contribution in [2.75, 3.05) is 5.32 Å². The van der Waals surface area contributed by atoms with Crippen molar-refractivity contribution < 1.29 is 26.6 Å². The second kappa shape index (κ2) is 11.5. The number of carbonyl (C=O) groups is 2. The Balaban J connectivity index is 1.89. The summed E-state index contributed by atoms with van der Waals surface area (Å²) >= 11 is 6.18. The van der Waals surface area contributed by atoms with Gasteiger partial charge in [0.15, 0.2) is 0 Å². The summed E-state index contributed by atoms with van der Waals surface area (Å²) < 4.78 is 44.7. The highest BCUT2D eigenvalue weighted by molar-refractivity contribution is 7.87. The zero-order valence-corrected chi connectivity index (χ0v) is 21.6. The van der Waals surface area contributed by atoms with E-state index in [1.807, 2.05) is 0 Å². The van der Waals surface area contributed by atoms with Crippen molar-refractivity contribution in [3.8, 4) is 5.75 Å². The molecule has 0 aliphatic carbocycles. The van der Waals surface area contributed by atoms with Crippen LogP contribution < -0.4 is 9.50 Å². The molecule has 0 fully saturated rings. The minimum Gasteiger partial charge on any atom is -0.379 e. The van der Waals surface area contributed by atoms with Gasteiger partial charge in [-0.1, -0.05) is 37.6 Å². The lowest BCUT2D eigenvalue weighted by molar-refractivity contribution is -0.135. The van der Waals surface area contributed by atoms with Crippen LogP contribution in [-0.4, -0.2) is 25.1 Å². The summed E-state index contributed by atoms with van der Waals surface area (Å²) in [6.45, 7) is 5.05. The molecule has 10 heteroatoms. The number of hydrogen-bond acceptors (Lipinski definition) is 5. The van der Waals surface area contributed by atoms with Gasteiger partial charge in [0.1, 0.15) is 16.5 Å². The Hall–Kier alpha value is -3.43. The Morgan fingerprint density at radius 3 is 2.22 bits per heavy atom. The average Bonchev–Trinajstić information content (AvgIpc) is 2.81. The zero-order chi connectivity index (χ0) is 26.5. The normalized spacial score (nSPS) is 11.3. The van der Waals surface area contributed by atoms with E-state index in [4.69, 9.17) is 15.8 Å². The molecule has 0 aromatic heterocycles. The second-order valence-corrected chi connectivity index (χ2v) is 10.5. The summed E-state index contributed by atoms with van der Waals surface area (Å²) in [7, 11) is -4.23. The molecule has 0 unspecified atom stereocenters. The molecule has 0 saturated carbocycles. The minimum absolute atomic E-state index is 0.0152. The maximum absolute atomic E-state index is 13.3. The van der Waals surface area contributed by atoms with E-state index >= 15 is 0 Å². The molecule has 0 spiro atoms. The maximum atomic E-state index is 13.3. The van der Waals surface area contributed by atoms with Crippen LogP contribution in [0.4, 0.5) is 10.1 Å². The molecule has 3 rings (SSSR count). The van der Waals surface area contributed by atoms with Gasteiger partial charge in [-0.3, -0.25) is 9.59 Å². The van der Waals surface area contributed by atoms with E-state index in [0.717, 1.165) is 0 Å². The predicted octanol–water partition coefficient (Wildman–Crippen LogP) is 5.39. The molecule has 0 radical (unpaired) electrons. The van der Waals surface area contributed by atoms with Crippen molar-refractivity contribution >= 4 is 39.2 Å². The molecule has 2 amide bonds. The average molecular weight is 533 g/mol. The first-order valence-electron chi connectivity index (χ1n) is 11.1. The van der Waals surface area contributed by atoms with E-state index in [9.17, 15) is 22.4 Å². The van der Waals surface area contributed by atoms with Crippen LogP contribution in [0.25, 0.3) is 0 Å². The lowest BCUT2D eigenvalue weighted by Crippen LogP contribution is -2.33. The number of hydrogen-bond donors (Lipinski definition) is 1. The topological polar surface area (TPSA) is 92.8 Å². The summed E-state index contributed by atoms with van der Waals surface area (Å²) in [5.74, 6) is -1.16. The quantitative estimate of drug-likeness (QED) is 0.373. The molecule has 0 bridgehead atoms. The summed E-state index contributed by atoms with van der Waals surface area (Å²) in [4.78, 5) is 25.6. The summed E-state index contributed by atoms with van der Waals surface area (Å²) in [5.41, 5.74) is 1.54. The highest BCUT2D eigenvalue weighted by Gasteiger charge is 2.23. The first kappa shape index (κ1) is 27.2. The van der Waals surface area contributed by atoms with Crippen LogP contribution in [0.15, 0.2) is 71.6 Å². The Bertz CT molecular complexity index is 1340. The smallest absolute Gasteiger partial charge is 0.339 e. The van der Waals surface area contributed by atoms with Gasteiger partial charge < -0.3 is 14.4 Å². The predicted molar refractivity (Wildman–Crippen MR) is 136 cm³/mol. The number of nitrogens with zero attached hydrogens (tertiary/aromatic N) is 1. The molecule has 0 heterocycles. The van der Waals surface area contributed by atoms with Crippen LogP contribution in [0, 0.1) is 11.7 Å². The van der Waals surface area contributed by atoms with Crippen molar-refractivity contribution in [2.45, 2.75) is 38.8 Å². The van der Waals surface area contributed by atoms with Crippen molar-refractivity contribution in [3.05, 3.63) is 88.7 Å². The van der Waals surface area contributed by atoms with Crippen LogP contribution in [0.2, 0.25) is 5.02 Å². The maximum Gasteiger partial charge on any atom is 0.339 e. The molecule has 190 valence electrons. The molecule has 3 aromatic rings. The molecular formula is C26H26ClFN2O5S. The number of halogens is 2. The first-order valence-corrected chi connectivity index (χ1v) is 12.9. The minimum atomic E-state index is -4.23. The Labute approximate surface area is 215 Å². The van der Waals surface area contributed by atoms with Gasteiger partial charge in [0.2, 0.25) is 11.8 Å². The van der Waals surface area contributed by atoms with Crippen molar-refractivity contribution in [2.24, 2.45) is 5.92 Å². The number of benzene rings is 3. The van der Waals surface area contributed by atoms with Gasteiger partial charge in [-0.15, -0.1) is 0 Å². The van der Waals surface area contributed by atoms with Crippen molar-refractivity contribution in [1.82, 2.24) is 4.90 Å². The molecule has 7 nitrogen and oxygen atoms in total. The fraction of sp³-hybridized carbons (Fsp3) is 0.231. The third-order valence-electron chi connectivity index (χ3n) is 5.14. The molecule has 3 aromatic carbocycles. The summed E-state index contributed by atoms with van der Waals surface area (Å²) in [6, 6.07) is 15.8. The number of carbonyl (C=O) groups excluding carboxylic acids is 2. The van der Waals surface area contributed by atoms with Gasteiger partial charge in [0.05, 0.1) is 0 Å². The van der Waals surface area contributed by atoms with E-state index in [1.54, 1.807) is 26.0 Å². The molecular weight excluding hydrogens is 507 g/mol. The van der Waals surface area contributed by atoms with E-state index in [2.05, 4.69) is 5.32 Å². The first-order chi connectivity index (χ1) is 16.9. The lowest BCUT2D eigenvalue weighted by atomic mass is 10.1. The third kappa shape index (κ3) is 7.29. The van der Waals surface area contributed by atoms with E-state index in [0.29, 0.717) is 21.8 Å². The fourth-order valence-corrected chi connectivity index (χ4v) is 4.58. The van der Waals surface area contributed by atoms with Crippen LogP contribution in [0.3, 0.4) is 0 Å². The largest absolute Gasteiger partial charge is 0.379 e. The van der Waals surface area contributed by atoms with Gasteiger partial charge in [-0.2, -0.15) is 8.42 Å². The number of rotatable bonds is 9. The van der Waals surface area contributed by atoms with E-state index in [1.165, 1.54) is 66.4 Å². The Kier molecular flexibility index (Phi) is 8.70. The number of amides is 2. The molecule has 0 aliphatic heterocycles. The Morgan fingerprint density at radius 2 is 1.64 bits per heavy atom. The van der Waals surface area contributed by atoms with Gasteiger partial charge in [0.25, 0.3) is 0 Å².